The van der Waals surface area contributed by atoms with Gasteiger partial charge in [-0.3, -0.25) is 10.1 Å². The molecule has 0 spiro atoms. The lowest BCUT2D eigenvalue weighted by Crippen LogP contribution is -2.18. The van der Waals surface area contributed by atoms with E-state index < -0.39 is 10.8 Å². The third kappa shape index (κ3) is 2.50. The molecule has 3 N–H and O–H groups in total. The minimum Gasteiger partial charge on any atom is -0.409 e. The molecule has 2 aromatic heterocycles. The number of halogens is 1. The van der Waals surface area contributed by atoms with Gasteiger partial charge in [-0.1, -0.05) is 16.8 Å². The van der Waals surface area contributed by atoms with Crippen molar-refractivity contribution >= 4 is 23.1 Å². The maximum Gasteiger partial charge on any atom is 0.298 e. The molecule has 0 amide bonds. The third-order valence-electron chi connectivity index (χ3n) is 2.83. The molecule has 0 fully saturated rings. The number of oxime groups is 1. The van der Waals surface area contributed by atoms with Gasteiger partial charge >= 0.3 is 0 Å². The smallest absolute Gasteiger partial charge is 0.298 e. The highest BCUT2D eigenvalue weighted by Crippen LogP contribution is 2.24. The van der Waals surface area contributed by atoms with Crippen molar-refractivity contribution in [3.63, 3.8) is 0 Å². The predicted octanol–water partition coefficient (Wildman–Crippen LogP) is 1.54. The standard InChI is InChI=1S/C11H11ClN6O3/c1-5-9(12)6(2)17(15-5)8-4-3-7(18(20)21)10(14-8)11(13)16-19/h3-4,19H,1-2H3,(H2,13,16). The first-order chi connectivity index (χ1) is 9.86. The first-order valence-corrected chi connectivity index (χ1v) is 6.10. The highest BCUT2D eigenvalue weighted by molar-refractivity contribution is 6.31. The van der Waals surface area contributed by atoms with Gasteiger partial charge in [-0.05, 0) is 19.9 Å². The van der Waals surface area contributed by atoms with Crippen LogP contribution in [0.3, 0.4) is 0 Å². The summed E-state index contributed by atoms with van der Waals surface area (Å²) in [5.74, 6) is -0.189. The van der Waals surface area contributed by atoms with Crippen LogP contribution >= 0.6 is 11.6 Å². The van der Waals surface area contributed by atoms with Crippen molar-refractivity contribution < 1.29 is 10.1 Å². The van der Waals surface area contributed by atoms with Crippen molar-refractivity contribution in [2.24, 2.45) is 10.9 Å². The third-order valence-corrected chi connectivity index (χ3v) is 3.37. The summed E-state index contributed by atoms with van der Waals surface area (Å²) in [5.41, 5.74) is 6.03. The van der Waals surface area contributed by atoms with Crippen molar-refractivity contribution in [1.29, 1.82) is 0 Å². The number of amidine groups is 1. The number of rotatable bonds is 3. The Labute approximate surface area is 123 Å². The average molecular weight is 311 g/mol. The summed E-state index contributed by atoms with van der Waals surface area (Å²) in [6, 6.07) is 2.61. The Hall–Kier alpha value is -2.68. The molecule has 0 aliphatic heterocycles. The lowest BCUT2D eigenvalue weighted by molar-refractivity contribution is -0.385. The molecule has 0 unspecified atom stereocenters. The van der Waals surface area contributed by atoms with E-state index in [0.717, 1.165) is 0 Å². The van der Waals surface area contributed by atoms with E-state index in [1.54, 1.807) is 13.8 Å². The van der Waals surface area contributed by atoms with Crippen molar-refractivity contribution in [1.82, 2.24) is 14.8 Å². The van der Waals surface area contributed by atoms with Gasteiger partial charge in [-0.2, -0.15) is 5.10 Å². The lowest BCUT2D eigenvalue weighted by atomic mass is 10.2. The number of nitrogens with two attached hydrogens (primary N) is 1. The second kappa shape index (κ2) is 5.37. The van der Waals surface area contributed by atoms with Crippen LogP contribution < -0.4 is 5.73 Å². The van der Waals surface area contributed by atoms with E-state index in [1.807, 2.05) is 0 Å². The van der Waals surface area contributed by atoms with E-state index in [4.69, 9.17) is 22.5 Å². The molecule has 0 saturated carbocycles. The fourth-order valence-corrected chi connectivity index (χ4v) is 1.91. The number of nitrogens with zero attached hydrogens (tertiary/aromatic N) is 5. The van der Waals surface area contributed by atoms with Gasteiger partial charge in [0.05, 0.1) is 21.3 Å². The molecule has 0 saturated heterocycles. The van der Waals surface area contributed by atoms with Crippen LogP contribution in [0.5, 0.6) is 0 Å². The Balaban J connectivity index is 2.67. The van der Waals surface area contributed by atoms with Crippen LogP contribution in [0.1, 0.15) is 17.1 Å². The summed E-state index contributed by atoms with van der Waals surface area (Å²) in [5, 5.41) is 27.1. The van der Waals surface area contributed by atoms with Crippen LogP contribution in [0, 0.1) is 24.0 Å². The Kier molecular flexibility index (Phi) is 3.76. The number of hydrogen-bond acceptors (Lipinski definition) is 6. The van der Waals surface area contributed by atoms with Crippen molar-refractivity contribution in [3.05, 3.63) is 44.4 Å². The zero-order chi connectivity index (χ0) is 15.7. The van der Waals surface area contributed by atoms with Gasteiger partial charge in [0.25, 0.3) is 5.69 Å². The summed E-state index contributed by atoms with van der Waals surface area (Å²) >= 11 is 6.05. The van der Waals surface area contributed by atoms with Gasteiger partial charge in [-0.25, -0.2) is 9.67 Å². The van der Waals surface area contributed by atoms with Gasteiger partial charge in [0, 0.05) is 6.07 Å². The number of aryl methyl sites for hydroxylation is 1. The van der Waals surface area contributed by atoms with Gasteiger partial charge < -0.3 is 10.9 Å². The Morgan fingerprint density at radius 3 is 2.67 bits per heavy atom. The van der Waals surface area contributed by atoms with Crippen molar-refractivity contribution in [2.45, 2.75) is 13.8 Å². The summed E-state index contributed by atoms with van der Waals surface area (Å²) < 4.78 is 1.43. The molecule has 9 nitrogen and oxygen atoms in total. The summed E-state index contributed by atoms with van der Waals surface area (Å²) in [4.78, 5) is 14.3. The van der Waals surface area contributed by atoms with Gasteiger partial charge in [0.2, 0.25) is 0 Å². The topological polar surface area (TPSA) is 132 Å². The van der Waals surface area contributed by atoms with E-state index in [1.165, 1.54) is 16.8 Å². The summed E-state index contributed by atoms with van der Waals surface area (Å²) in [6.07, 6.45) is 0. The minimum atomic E-state index is -0.668. The first kappa shape index (κ1) is 14.7. The summed E-state index contributed by atoms with van der Waals surface area (Å²) in [7, 11) is 0. The van der Waals surface area contributed by atoms with E-state index in [9.17, 15) is 10.1 Å². The average Bonchev–Trinajstić information content (AvgIpc) is 2.73. The van der Waals surface area contributed by atoms with Crippen molar-refractivity contribution in [3.8, 4) is 5.82 Å². The first-order valence-electron chi connectivity index (χ1n) is 5.72. The highest BCUT2D eigenvalue weighted by Gasteiger charge is 2.21. The molecule has 2 rings (SSSR count). The number of nitro groups is 1. The zero-order valence-electron chi connectivity index (χ0n) is 11.1. The van der Waals surface area contributed by atoms with E-state index >= 15 is 0 Å². The van der Waals surface area contributed by atoms with Crippen LogP contribution in [-0.2, 0) is 0 Å². The second-order valence-electron chi connectivity index (χ2n) is 4.18. The summed E-state index contributed by atoms with van der Waals surface area (Å²) in [6.45, 7) is 3.45. The number of aromatic nitrogens is 3. The second-order valence-corrected chi connectivity index (χ2v) is 4.55. The van der Waals surface area contributed by atoms with Crippen LogP contribution in [0.25, 0.3) is 5.82 Å². The molecule has 10 heteroatoms. The Morgan fingerprint density at radius 2 is 2.19 bits per heavy atom. The molecule has 2 aromatic rings. The molecule has 0 aromatic carbocycles. The zero-order valence-corrected chi connectivity index (χ0v) is 11.9. The van der Waals surface area contributed by atoms with E-state index in [0.29, 0.717) is 16.4 Å². The quantitative estimate of drug-likeness (QED) is 0.290. The largest absolute Gasteiger partial charge is 0.409 e. The van der Waals surface area contributed by atoms with Gasteiger partial charge in [0.1, 0.15) is 0 Å². The molecular weight excluding hydrogens is 300 g/mol. The molecule has 0 radical (unpaired) electrons. The van der Waals surface area contributed by atoms with Crippen LogP contribution in [0.2, 0.25) is 5.02 Å². The number of pyridine rings is 1. The Morgan fingerprint density at radius 1 is 1.52 bits per heavy atom. The van der Waals surface area contributed by atoms with Crippen LogP contribution in [0.15, 0.2) is 17.3 Å². The van der Waals surface area contributed by atoms with Crippen LogP contribution in [-0.4, -0.2) is 30.7 Å². The molecule has 2 heterocycles. The minimum absolute atomic E-state index is 0.247. The predicted molar refractivity (Wildman–Crippen MR) is 75.0 cm³/mol. The lowest BCUT2D eigenvalue weighted by Gasteiger charge is -2.06. The number of hydrogen-bond donors (Lipinski definition) is 2. The maximum atomic E-state index is 10.9. The van der Waals surface area contributed by atoms with Gasteiger partial charge in [-0.15, -0.1) is 0 Å². The monoisotopic (exact) mass is 310 g/mol. The van der Waals surface area contributed by atoms with E-state index in [-0.39, 0.29) is 17.2 Å². The fraction of sp³-hybridized carbons (Fsp3) is 0.182. The Bertz CT molecular complexity index is 755. The molecule has 0 aliphatic carbocycles. The molecule has 110 valence electrons. The SMILES string of the molecule is Cc1nn(-c2ccc([N+](=O)[O-])c(/C(N)=N/O)n2)c(C)c1Cl. The molecule has 0 atom stereocenters. The molecular formula is C11H11ClN6O3. The van der Waals surface area contributed by atoms with E-state index in [2.05, 4.69) is 15.2 Å². The fourth-order valence-electron chi connectivity index (χ4n) is 1.79. The van der Waals surface area contributed by atoms with Gasteiger partial charge in [0.15, 0.2) is 17.3 Å². The highest BCUT2D eigenvalue weighted by atomic mass is 35.5. The normalized spacial score (nSPS) is 11.7. The molecule has 21 heavy (non-hydrogen) atoms. The molecule has 0 aliphatic rings. The van der Waals surface area contributed by atoms with Crippen molar-refractivity contribution in [2.75, 3.05) is 0 Å². The molecule has 0 bridgehead atoms. The maximum absolute atomic E-state index is 10.9. The van der Waals surface area contributed by atoms with Crippen LogP contribution in [0.4, 0.5) is 5.69 Å².